The molecule has 0 aromatic rings. The largest absolute Gasteiger partial charge is 0.384 e. The highest BCUT2D eigenvalue weighted by atomic mass is 16.5. The van der Waals surface area contributed by atoms with Gasteiger partial charge in [-0.2, -0.15) is 0 Å². The van der Waals surface area contributed by atoms with E-state index in [2.05, 4.69) is 23.7 Å². The summed E-state index contributed by atoms with van der Waals surface area (Å²) in [5.41, 5.74) is 1.29. The average molecular weight is 212 g/mol. The van der Waals surface area contributed by atoms with Crippen molar-refractivity contribution < 1.29 is 4.74 Å². The minimum Gasteiger partial charge on any atom is -0.384 e. The van der Waals surface area contributed by atoms with Crippen molar-refractivity contribution in [1.82, 2.24) is 10.2 Å². The molecule has 0 aromatic heterocycles. The number of hydrogen-bond donors (Lipinski definition) is 1. The maximum Gasteiger partial charge on any atom is 0.0503 e. The van der Waals surface area contributed by atoms with Gasteiger partial charge in [-0.25, -0.2) is 0 Å². The summed E-state index contributed by atoms with van der Waals surface area (Å²) in [6.07, 6.45) is 1.27. The highest BCUT2D eigenvalue weighted by Gasteiger charge is 2.22. The van der Waals surface area contributed by atoms with E-state index in [0.717, 1.165) is 32.2 Å². The Labute approximate surface area is 93.5 Å². The molecule has 1 rings (SSSR count). The third-order valence-electron chi connectivity index (χ3n) is 2.84. The molecule has 1 N–H and O–H groups in total. The molecule has 1 atom stereocenters. The molecule has 0 spiro atoms. The van der Waals surface area contributed by atoms with Crippen molar-refractivity contribution >= 4 is 0 Å². The Morgan fingerprint density at radius 2 is 2.40 bits per heavy atom. The summed E-state index contributed by atoms with van der Waals surface area (Å²) in [6.45, 7) is 12.5. The quantitative estimate of drug-likeness (QED) is 0.640. The zero-order valence-electron chi connectivity index (χ0n) is 10.1. The zero-order valence-corrected chi connectivity index (χ0v) is 10.1. The van der Waals surface area contributed by atoms with Crippen LogP contribution in [0.3, 0.4) is 0 Å². The van der Waals surface area contributed by atoms with Crippen molar-refractivity contribution in [3.8, 4) is 0 Å². The molecule has 0 aliphatic carbocycles. The van der Waals surface area contributed by atoms with Crippen molar-refractivity contribution in [2.75, 3.05) is 46.4 Å². The Hall–Kier alpha value is -0.380. The molecular weight excluding hydrogens is 188 g/mol. The molecule has 1 aliphatic heterocycles. The lowest BCUT2D eigenvalue weighted by Gasteiger charge is -2.17. The summed E-state index contributed by atoms with van der Waals surface area (Å²) in [4.78, 5) is 2.48. The summed E-state index contributed by atoms with van der Waals surface area (Å²) in [7, 11) is 1.78. The van der Waals surface area contributed by atoms with Crippen molar-refractivity contribution in [3.05, 3.63) is 12.2 Å². The van der Waals surface area contributed by atoms with Gasteiger partial charge in [-0.05, 0) is 31.0 Å². The van der Waals surface area contributed by atoms with Gasteiger partial charge in [0, 0.05) is 26.7 Å². The Morgan fingerprint density at radius 1 is 1.60 bits per heavy atom. The minimum absolute atomic E-state index is 0.724. The predicted molar refractivity (Wildman–Crippen MR) is 64.1 cm³/mol. The zero-order chi connectivity index (χ0) is 11.1. The first-order valence-electron chi connectivity index (χ1n) is 5.85. The smallest absolute Gasteiger partial charge is 0.0503 e. The van der Waals surface area contributed by atoms with Gasteiger partial charge in [0.05, 0.1) is 6.61 Å². The summed E-state index contributed by atoms with van der Waals surface area (Å²) in [5.74, 6) is 0.724. The normalized spacial score (nSPS) is 22.1. The van der Waals surface area contributed by atoms with Crippen LogP contribution in [0.4, 0.5) is 0 Å². The molecule has 15 heavy (non-hydrogen) atoms. The molecule has 1 unspecified atom stereocenters. The van der Waals surface area contributed by atoms with Crippen LogP contribution in [0.15, 0.2) is 12.2 Å². The summed E-state index contributed by atoms with van der Waals surface area (Å²) >= 11 is 0. The first-order chi connectivity index (χ1) is 7.26. The van der Waals surface area contributed by atoms with Gasteiger partial charge in [-0.15, -0.1) is 0 Å². The van der Waals surface area contributed by atoms with Crippen LogP contribution in [0.25, 0.3) is 0 Å². The number of hydrogen-bond acceptors (Lipinski definition) is 3. The molecule has 1 heterocycles. The molecule has 1 aliphatic rings. The Morgan fingerprint density at radius 3 is 3.07 bits per heavy atom. The molecule has 0 saturated carbocycles. The van der Waals surface area contributed by atoms with E-state index in [9.17, 15) is 0 Å². The van der Waals surface area contributed by atoms with Crippen LogP contribution in [-0.2, 0) is 4.74 Å². The van der Waals surface area contributed by atoms with Crippen molar-refractivity contribution in [1.29, 1.82) is 0 Å². The van der Waals surface area contributed by atoms with Gasteiger partial charge >= 0.3 is 0 Å². The number of nitrogens with one attached hydrogen (secondary N) is 1. The fourth-order valence-electron chi connectivity index (χ4n) is 2.10. The van der Waals surface area contributed by atoms with Gasteiger partial charge in [0.15, 0.2) is 0 Å². The Kier molecular flexibility index (Phi) is 5.91. The van der Waals surface area contributed by atoms with Gasteiger partial charge in [-0.1, -0.05) is 13.5 Å². The summed E-state index contributed by atoms with van der Waals surface area (Å²) in [5, 5.41) is 3.31. The fraction of sp³-hybridized carbons (Fsp3) is 0.833. The molecule has 3 heteroatoms. The van der Waals surface area contributed by atoms with Crippen LogP contribution in [0, 0.1) is 5.92 Å². The van der Waals surface area contributed by atoms with E-state index >= 15 is 0 Å². The molecule has 0 amide bonds. The maximum absolute atomic E-state index is 5.18. The number of ether oxygens (including phenoxy) is 1. The molecule has 0 bridgehead atoms. The SMILES string of the molecule is C=C(CNCC)CN1CCC(COC)C1. The Bertz CT molecular complexity index is 194. The second-order valence-electron chi connectivity index (χ2n) is 4.38. The topological polar surface area (TPSA) is 24.5 Å². The lowest BCUT2D eigenvalue weighted by Crippen LogP contribution is -2.27. The molecule has 3 nitrogen and oxygen atoms in total. The van der Waals surface area contributed by atoms with Crippen LogP contribution < -0.4 is 5.32 Å². The molecule has 0 radical (unpaired) electrons. The minimum atomic E-state index is 0.724. The van der Waals surface area contributed by atoms with Gasteiger partial charge < -0.3 is 10.1 Å². The standard InChI is InChI=1S/C12H24N2O/c1-4-13-7-11(2)8-14-6-5-12(9-14)10-15-3/h12-13H,2,4-10H2,1,3H3. The third-order valence-corrected chi connectivity index (χ3v) is 2.84. The first-order valence-corrected chi connectivity index (χ1v) is 5.85. The van der Waals surface area contributed by atoms with Crippen LogP contribution in [0.1, 0.15) is 13.3 Å². The van der Waals surface area contributed by atoms with E-state index in [1.807, 2.05) is 0 Å². The average Bonchev–Trinajstić information content (AvgIpc) is 2.63. The van der Waals surface area contributed by atoms with Gasteiger partial charge in [0.25, 0.3) is 0 Å². The van der Waals surface area contributed by atoms with Crippen molar-refractivity contribution in [2.45, 2.75) is 13.3 Å². The highest BCUT2D eigenvalue weighted by Crippen LogP contribution is 2.16. The van der Waals surface area contributed by atoms with Crippen LogP contribution in [0.5, 0.6) is 0 Å². The van der Waals surface area contributed by atoms with Crippen LogP contribution >= 0.6 is 0 Å². The number of rotatable bonds is 7. The van der Waals surface area contributed by atoms with Crippen LogP contribution in [-0.4, -0.2) is 51.3 Å². The van der Waals surface area contributed by atoms with Gasteiger partial charge in [0.1, 0.15) is 0 Å². The maximum atomic E-state index is 5.18. The fourth-order valence-corrected chi connectivity index (χ4v) is 2.10. The number of methoxy groups -OCH3 is 1. The molecular formula is C12H24N2O. The number of likely N-dealkylation sites (N-methyl/N-ethyl adjacent to an activating group) is 1. The highest BCUT2D eigenvalue weighted by molar-refractivity contribution is 5.00. The summed E-state index contributed by atoms with van der Waals surface area (Å²) in [6, 6.07) is 0. The van der Waals surface area contributed by atoms with Gasteiger partial charge in [0.2, 0.25) is 0 Å². The number of nitrogens with zero attached hydrogens (tertiary/aromatic N) is 1. The second kappa shape index (κ2) is 6.99. The monoisotopic (exact) mass is 212 g/mol. The third kappa shape index (κ3) is 4.78. The van der Waals surface area contributed by atoms with E-state index in [1.165, 1.54) is 25.1 Å². The summed E-state index contributed by atoms with van der Waals surface area (Å²) < 4.78 is 5.18. The van der Waals surface area contributed by atoms with Crippen LogP contribution in [0.2, 0.25) is 0 Å². The molecule has 88 valence electrons. The molecule has 1 fully saturated rings. The van der Waals surface area contributed by atoms with Gasteiger partial charge in [-0.3, -0.25) is 4.90 Å². The van der Waals surface area contributed by atoms with E-state index in [4.69, 9.17) is 4.74 Å². The van der Waals surface area contributed by atoms with Crippen molar-refractivity contribution in [3.63, 3.8) is 0 Å². The molecule has 1 saturated heterocycles. The van der Waals surface area contributed by atoms with Crippen molar-refractivity contribution in [2.24, 2.45) is 5.92 Å². The lowest BCUT2D eigenvalue weighted by molar-refractivity contribution is 0.154. The van der Waals surface area contributed by atoms with E-state index in [-0.39, 0.29) is 0 Å². The Balaban J connectivity index is 2.15. The predicted octanol–water partition coefficient (Wildman–Crippen LogP) is 1.12. The van der Waals surface area contributed by atoms with E-state index < -0.39 is 0 Å². The second-order valence-corrected chi connectivity index (χ2v) is 4.38. The lowest BCUT2D eigenvalue weighted by atomic mass is 10.1. The first kappa shape index (κ1) is 12.7. The van der Waals surface area contributed by atoms with E-state index in [0.29, 0.717) is 0 Å². The van der Waals surface area contributed by atoms with E-state index in [1.54, 1.807) is 7.11 Å². The number of likely N-dealkylation sites (tertiary alicyclic amines) is 1. The molecule has 0 aromatic carbocycles.